The number of imidazole rings is 1. The van der Waals surface area contributed by atoms with Crippen LogP contribution < -0.4 is 10.6 Å². The van der Waals surface area contributed by atoms with Crippen LogP contribution in [0.3, 0.4) is 0 Å². The highest BCUT2D eigenvalue weighted by Crippen LogP contribution is 2.56. The monoisotopic (exact) mass is 372 g/mol. The van der Waals surface area contributed by atoms with Gasteiger partial charge in [-0.05, 0) is 37.8 Å². The van der Waals surface area contributed by atoms with Gasteiger partial charge in [0.1, 0.15) is 10.8 Å². The summed E-state index contributed by atoms with van der Waals surface area (Å²) in [5.74, 6) is 1.16. The van der Waals surface area contributed by atoms with Crippen LogP contribution >= 0.6 is 11.3 Å². The van der Waals surface area contributed by atoms with Gasteiger partial charge in [-0.15, -0.1) is 11.3 Å². The van der Waals surface area contributed by atoms with Crippen LogP contribution in [-0.4, -0.2) is 45.1 Å². The molecule has 0 amide bonds. The predicted octanol–water partition coefficient (Wildman–Crippen LogP) is 1.67. The van der Waals surface area contributed by atoms with E-state index >= 15 is 0 Å². The molecule has 0 aromatic carbocycles. The average Bonchev–Trinajstić information content (AvgIpc) is 2.99. The second kappa shape index (κ2) is 6.71. The molecule has 2 fully saturated rings. The molecule has 1 aliphatic carbocycles. The second-order valence-corrected chi connectivity index (χ2v) is 9.26. The summed E-state index contributed by atoms with van der Waals surface area (Å²) in [7, 11) is 2.10. The molecule has 140 valence electrons. The van der Waals surface area contributed by atoms with Crippen molar-refractivity contribution in [2.24, 2.45) is 12.5 Å². The standard InChI is InChI=1S/C19H28N6S/c1-24-9-8-22-17(24)12-25(16-10-19(16)3-6-20-7-4-19)13-18-23-14-2-5-21-11-15(14)26-18/h8-9,16,20-21H,2-7,10-13H2,1H3. The summed E-state index contributed by atoms with van der Waals surface area (Å²) in [5.41, 5.74) is 1.86. The lowest BCUT2D eigenvalue weighted by molar-refractivity contribution is 0.182. The van der Waals surface area contributed by atoms with Crippen LogP contribution in [0.5, 0.6) is 0 Å². The first-order valence-electron chi connectivity index (χ1n) is 9.83. The molecule has 5 rings (SSSR count). The first-order chi connectivity index (χ1) is 12.7. The van der Waals surface area contributed by atoms with E-state index in [0.717, 1.165) is 38.4 Å². The van der Waals surface area contributed by atoms with E-state index in [1.807, 2.05) is 17.5 Å². The number of piperidine rings is 1. The van der Waals surface area contributed by atoms with E-state index in [-0.39, 0.29) is 0 Å². The molecular formula is C19H28N6S. The Balaban J connectivity index is 1.37. The maximum atomic E-state index is 4.98. The molecule has 1 saturated carbocycles. The lowest BCUT2D eigenvalue weighted by Gasteiger charge is -2.29. The third-order valence-corrected chi connectivity index (χ3v) is 7.52. The maximum Gasteiger partial charge on any atom is 0.122 e. The first kappa shape index (κ1) is 16.9. The van der Waals surface area contributed by atoms with Crippen molar-refractivity contribution in [1.82, 2.24) is 30.1 Å². The van der Waals surface area contributed by atoms with Crippen LogP contribution in [0.1, 0.15) is 40.7 Å². The van der Waals surface area contributed by atoms with Gasteiger partial charge in [-0.2, -0.15) is 0 Å². The highest BCUT2D eigenvalue weighted by atomic mass is 32.1. The molecule has 1 unspecified atom stereocenters. The minimum atomic E-state index is 0.537. The number of thiazole rings is 1. The van der Waals surface area contributed by atoms with Gasteiger partial charge in [0.25, 0.3) is 0 Å². The number of hydrogen-bond acceptors (Lipinski definition) is 6. The van der Waals surface area contributed by atoms with E-state index in [4.69, 9.17) is 4.98 Å². The molecule has 1 atom stereocenters. The lowest BCUT2D eigenvalue weighted by Crippen LogP contribution is -2.36. The Hall–Kier alpha value is -1.28. The fourth-order valence-electron chi connectivity index (χ4n) is 4.73. The Morgan fingerprint density at radius 2 is 2.15 bits per heavy atom. The zero-order chi connectivity index (χ0) is 17.6. The normalized spacial score (nSPS) is 24.2. The van der Waals surface area contributed by atoms with Gasteiger partial charge in [-0.1, -0.05) is 0 Å². The van der Waals surface area contributed by atoms with Crippen molar-refractivity contribution in [3.8, 4) is 0 Å². The van der Waals surface area contributed by atoms with Crippen molar-refractivity contribution in [2.75, 3.05) is 19.6 Å². The summed E-state index contributed by atoms with van der Waals surface area (Å²) in [6.45, 7) is 6.28. The number of aromatic nitrogens is 3. The van der Waals surface area contributed by atoms with E-state index in [1.165, 1.54) is 47.9 Å². The smallest absolute Gasteiger partial charge is 0.122 e. The predicted molar refractivity (Wildman–Crippen MR) is 103 cm³/mol. The quantitative estimate of drug-likeness (QED) is 0.836. The van der Waals surface area contributed by atoms with Crippen molar-refractivity contribution in [2.45, 2.75) is 51.4 Å². The molecule has 6 nitrogen and oxygen atoms in total. The molecule has 0 radical (unpaired) electrons. The third-order valence-electron chi connectivity index (χ3n) is 6.44. The van der Waals surface area contributed by atoms with Gasteiger partial charge < -0.3 is 15.2 Å². The van der Waals surface area contributed by atoms with Crippen molar-refractivity contribution in [3.63, 3.8) is 0 Å². The van der Waals surface area contributed by atoms with E-state index < -0.39 is 0 Å². The maximum absolute atomic E-state index is 4.98. The Bertz CT molecular complexity index is 751. The fourth-order valence-corrected chi connectivity index (χ4v) is 5.84. The van der Waals surface area contributed by atoms with Gasteiger partial charge >= 0.3 is 0 Å². The van der Waals surface area contributed by atoms with Gasteiger partial charge in [0.15, 0.2) is 0 Å². The van der Waals surface area contributed by atoms with Gasteiger partial charge in [0, 0.05) is 49.9 Å². The van der Waals surface area contributed by atoms with Gasteiger partial charge in [-0.3, -0.25) is 4.90 Å². The van der Waals surface area contributed by atoms with E-state index in [9.17, 15) is 0 Å². The molecule has 1 saturated heterocycles. The van der Waals surface area contributed by atoms with Crippen molar-refractivity contribution < 1.29 is 0 Å². The molecule has 4 heterocycles. The molecule has 2 aliphatic heterocycles. The zero-order valence-electron chi connectivity index (χ0n) is 15.5. The summed E-state index contributed by atoms with van der Waals surface area (Å²) in [6, 6.07) is 0.681. The van der Waals surface area contributed by atoms with Crippen LogP contribution in [0, 0.1) is 5.41 Å². The number of nitrogens with one attached hydrogen (secondary N) is 2. The number of aryl methyl sites for hydroxylation is 1. The van der Waals surface area contributed by atoms with Crippen molar-refractivity contribution in [3.05, 3.63) is 33.8 Å². The second-order valence-electron chi connectivity index (χ2n) is 8.10. The van der Waals surface area contributed by atoms with Gasteiger partial charge in [0.05, 0.1) is 18.8 Å². The number of nitrogens with zero attached hydrogens (tertiary/aromatic N) is 4. The molecule has 2 aromatic heterocycles. The van der Waals surface area contributed by atoms with Crippen molar-refractivity contribution >= 4 is 11.3 Å². The van der Waals surface area contributed by atoms with E-state index in [2.05, 4.69) is 38.3 Å². The molecule has 7 heteroatoms. The Labute approximate surface area is 159 Å². The molecule has 26 heavy (non-hydrogen) atoms. The molecule has 2 N–H and O–H groups in total. The minimum Gasteiger partial charge on any atom is -0.337 e. The Morgan fingerprint density at radius 3 is 2.92 bits per heavy atom. The number of hydrogen-bond donors (Lipinski definition) is 2. The van der Waals surface area contributed by atoms with Crippen LogP contribution in [0.4, 0.5) is 0 Å². The summed E-state index contributed by atoms with van der Waals surface area (Å²) >= 11 is 1.91. The lowest BCUT2D eigenvalue weighted by atomic mass is 9.93. The largest absolute Gasteiger partial charge is 0.337 e. The van der Waals surface area contributed by atoms with E-state index in [1.54, 1.807) is 0 Å². The third kappa shape index (κ3) is 3.11. The first-order valence-corrected chi connectivity index (χ1v) is 10.6. The van der Waals surface area contributed by atoms with Crippen molar-refractivity contribution in [1.29, 1.82) is 0 Å². The Kier molecular flexibility index (Phi) is 4.35. The topological polar surface area (TPSA) is 58.0 Å². The minimum absolute atomic E-state index is 0.537. The van der Waals surface area contributed by atoms with Crippen LogP contribution in [-0.2, 0) is 33.1 Å². The molecule has 0 bridgehead atoms. The van der Waals surface area contributed by atoms with Crippen LogP contribution in [0.2, 0.25) is 0 Å². The molecule has 2 aromatic rings. The molecule has 1 spiro atoms. The number of rotatable bonds is 5. The molecule has 3 aliphatic rings. The summed E-state index contributed by atoms with van der Waals surface area (Å²) in [5, 5.41) is 8.28. The SMILES string of the molecule is Cn1ccnc1CN(Cc1nc2c(s1)CNCC2)C1CC12CCNCC2. The average molecular weight is 373 g/mol. The van der Waals surface area contributed by atoms with Gasteiger partial charge in [0.2, 0.25) is 0 Å². The van der Waals surface area contributed by atoms with Crippen LogP contribution in [0.25, 0.3) is 0 Å². The summed E-state index contributed by atoms with van der Waals surface area (Å²) in [6.07, 6.45) is 9.00. The van der Waals surface area contributed by atoms with Gasteiger partial charge in [-0.25, -0.2) is 9.97 Å². The van der Waals surface area contributed by atoms with Crippen LogP contribution in [0.15, 0.2) is 12.4 Å². The Morgan fingerprint density at radius 1 is 1.27 bits per heavy atom. The highest BCUT2D eigenvalue weighted by molar-refractivity contribution is 7.11. The van der Waals surface area contributed by atoms with E-state index in [0.29, 0.717) is 11.5 Å². The molecular weight excluding hydrogens is 344 g/mol. The highest BCUT2D eigenvalue weighted by Gasteiger charge is 2.56. The number of fused-ring (bicyclic) bond motifs is 1. The zero-order valence-corrected chi connectivity index (χ0v) is 16.3. The fraction of sp³-hybridized carbons (Fsp3) is 0.684. The summed E-state index contributed by atoms with van der Waals surface area (Å²) < 4.78 is 2.15. The summed E-state index contributed by atoms with van der Waals surface area (Å²) in [4.78, 5) is 13.7.